The predicted octanol–water partition coefficient (Wildman–Crippen LogP) is 4.03. The zero-order chi connectivity index (χ0) is 18.6. The number of rotatable bonds is 6. The van der Waals surface area contributed by atoms with E-state index in [1.807, 2.05) is 18.2 Å². The van der Waals surface area contributed by atoms with Crippen LogP contribution in [0.5, 0.6) is 17.2 Å². The highest BCUT2D eigenvalue weighted by Gasteiger charge is 2.15. The van der Waals surface area contributed by atoms with Gasteiger partial charge in [-0.05, 0) is 42.0 Å². The van der Waals surface area contributed by atoms with Gasteiger partial charge in [0.1, 0.15) is 23.1 Å². The molecule has 0 bridgehead atoms. The number of nitrogens with zero attached hydrogens (tertiary/aromatic N) is 1. The number of fused-ring (bicyclic) bond motifs is 1. The van der Waals surface area contributed by atoms with Crippen molar-refractivity contribution in [3.05, 3.63) is 69.1 Å². The fourth-order valence-electron chi connectivity index (χ4n) is 2.48. The Labute approximate surface area is 164 Å². The van der Waals surface area contributed by atoms with Crippen LogP contribution in [0.1, 0.15) is 21.1 Å². The standard InChI is InChI=1S/C19H15ClN2O4S/c20-13-2-4-14(5-3-13)24-9-18-22-15(10-27-18)19(23)21-8-12-1-6-16-17(7-12)26-11-25-16/h1-7,10H,8-9,11H2,(H,21,23). The lowest BCUT2D eigenvalue weighted by Crippen LogP contribution is -2.23. The minimum absolute atomic E-state index is 0.227. The van der Waals surface area contributed by atoms with Gasteiger partial charge in [0.05, 0.1) is 0 Å². The average Bonchev–Trinajstić information content (AvgIpc) is 3.34. The van der Waals surface area contributed by atoms with Crippen LogP contribution in [0.2, 0.25) is 5.02 Å². The zero-order valence-corrected chi connectivity index (χ0v) is 15.7. The molecule has 0 saturated heterocycles. The summed E-state index contributed by atoms with van der Waals surface area (Å²) in [7, 11) is 0. The van der Waals surface area contributed by atoms with Gasteiger partial charge in [0.2, 0.25) is 6.79 Å². The Balaban J connectivity index is 1.31. The fraction of sp³-hybridized carbons (Fsp3) is 0.158. The van der Waals surface area contributed by atoms with E-state index in [4.69, 9.17) is 25.8 Å². The molecule has 1 aliphatic heterocycles. The van der Waals surface area contributed by atoms with Gasteiger partial charge in [0.15, 0.2) is 11.5 Å². The van der Waals surface area contributed by atoms with Crippen LogP contribution < -0.4 is 19.5 Å². The lowest BCUT2D eigenvalue weighted by molar-refractivity contribution is 0.0946. The maximum Gasteiger partial charge on any atom is 0.271 e. The Morgan fingerprint density at radius 2 is 2.00 bits per heavy atom. The van der Waals surface area contributed by atoms with Crippen LogP contribution in [0.3, 0.4) is 0 Å². The average molecular weight is 403 g/mol. The van der Waals surface area contributed by atoms with Gasteiger partial charge in [0.25, 0.3) is 5.91 Å². The van der Waals surface area contributed by atoms with Gasteiger partial charge < -0.3 is 19.5 Å². The molecule has 0 spiro atoms. The summed E-state index contributed by atoms with van der Waals surface area (Å²) >= 11 is 7.22. The van der Waals surface area contributed by atoms with Gasteiger partial charge in [0, 0.05) is 16.9 Å². The van der Waals surface area contributed by atoms with Gasteiger partial charge in [-0.15, -0.1) is 11.3 Å². The number of benzene rings is 2. The van der Waals surface area contributed by atoms with Crippen molar-refractivity contribution in [1.29, 1.82) is 0 Å². The molecule has 8 heteroatoms. The minimum atomic E-state index is -0.235. The summed E-state index contributed by atoms with van der Waals surface area (Å²) in [6, 6.07) is 12.7. The first kappa shape index (κ1) is 17.6. The molecule has 138 valence electrons. The van der Waals surface area contributed by atoms with Crippen molar-refractivity contribution in [1.82, 2.24) is 10.3 Å². The van der Waals surface area contributed by atoms with Crippen LogP contribution in [0.4, 0.5) is 0 Å². The van der Waals surface area contributed by atoms with Gasteiger partial charge >= 0.3 is 0 Å². The van der Waals surface area contributed by atoms with Crippen LogP contribution >= 0.6 is 22.9 Å². The summed E-state index contributed by atoms with van der Waals surface area (Å²) in [6.07, 6.45) is 0. The number of carbonyl (C=O) groups excluding carboxylic acids is 1. The van der Waals surface area contributed by atoms with E-state index in [9.17, 15) is 4.79 Å². The summed E-state index contributed by atoms with van der Waals surface area (Å²) in [6.45, 7) is 0.899. The highest BCUT2D eigenvalue weighted by molar-refractivity contribution is 7.09. The molecule has 0 unspecified atom stereocenters. The topological polar surface area (TPSA) is 69.7 Å². The van der Waals surface area contributed by atoms with Crippen molar-refractivity contribution in [2.24, 2.45) is 0 Å². The number of halogens is 1. The molecule has 1 aromatic heterocycles. The smallest absolute Gasteiger partial charge is 0.271 e. The number of aromatic nitrogens is 1. The van der Waals surface area contributed by atoms with E-state index in [1.54, 1.807) is 29.6 Å². The molecule has 3 aromatic rings. The third kappa shape index (κ3) is 4.32. The Hall–Kier alpha value is -2.77. The van der Waals surface area contributed by atoms with E-state index >= 15 is 0 Å². The number of nitrogens with one attached hydrogen (secondary N) is 1. The zero-order valence-electron chi connectivity index (χ0n) is 14.1. The lowest BCUT2D eigenvalue weighted by Gasteiger charge is -2.05. The molecule has 27 heavy (non-hydrogen) atoms. The van der Waals surface area contributed by atoms with Crippen LogP contribution in [0.15, 0.2) is 47.8 Å². The van der Waals surface area contributed by atoms with Crippen molar-refractivity contribution in [3.63, 3.8) is 0 Å². The second-order valence-electron chi connectivity index (χ2n) is 5.74. The first-order valence-electron chi connectivity index (χ1n) is 8.17. The van der Waals surface area contributed by atoms with E-state index in [0.717, 1.165) is 16.3 Å². The first-order chi connectivity index (χ1) is 13.2. The monoisotopic (exact) mass is 402 g/mol. The first-order valence-corrected chi connectivity index (χ1v) is 9.42. The Morgan fingerprint density at radius 3 is 2.85 bits per heavy atom. The molecule has 2 aromatic carbocycles. The van der Waals surface area contributed by atoms with E-state index in [2.05, 4.69) is 10.3 Å². The van der Waals surface area contributed by atoms with Crippen LogP contribution in [0, 0.1) is 0 Å². The molecule has 6 nitrogen and oxygen atoms in total. The molecule has 0 atom stereocenters. The molecule has 0 saturated carbocycles. The molecule has 1 aliphatic rings. The molecule has 1 N–H and O–H groups in total. The van der Waals surface area contributed by atoms with E-state index in [0.29, 0.717) is 35.4 Å². The lowest BCUT2D eigenvalue weighted by atomic mass is 10.2. The number of amides is 1. The molecular formula is C19H15ClN2O4S. The van der Waals surface area contributed by atoms with Crippen molar-refractivity contribution in [3.8, 4) is 17.2 Å². The highest BCUT2D eigenvalue weighted by atomic mass is 35.5. The quantitative estimate of drug-likeness (QED) is 0.674. The maximum absolute atomic E-state index is 12.3. The Morgan fingerprint density at radius 1 is 1.19 bits per heavy atom. The molecule has 1 amide bonds. The van der Waals surface area contributed by atoms with E-state index < -0.39 is 0 Å². The van der Waals surface area contributed by atoms with Crippen LogP contribution in [-0.4, -0.2) is 17.7 Å². The number of hydrogen-bond acceptors (Lipinski definition) is 6. The highest BCUT2D eigenvalue weighted by Crippen LogP contribution is 2.32. The van der Waals surface area contributed by atoms with Gasteiger partial charge in [-0.25, -0.2) is 4.98 Å². The summed E-state index contributed by atoms with van der Waals surface area (Å²) in [4.78, 5) is 16.6. The van der Waals surface area contributed by atoms with Gasteiger partial charge in [-0.2, -0.15) is 0 Å². The van der Waals surface area contributed by atoms with Crippen molar-refractivity contribution < 1.29 is 19.0 Å². The second-order valence-corrected chi connectivity index (χ2v) is 7.12. The number of ether oxygens (including phenoxy) is 3. The normalized spacial score (nSPS) is 12.0. The van der Waals surface area contributed by atoms with Crippen molar-refractivity contribution >= 4 is 28.8 Å². The second kappa shape index (κ2) is 7.85. The molecule has 0 fully saturated rings. The summed E-state index contributed by atoms with van der Waals surface area (Å²) < 4.78 is 16.3. The maximum atomic E-state index is 12.3. The molecule has 2 heterocycles. The van der Waals surface area contributed by atoms with Gasteiger partial charge in [-0.3, -0.25) is 4.79 Å². The number of thiazole rings is 1. The molecular weight excluding hydrogens is 388 g/mol. The third-order valence-corrected chi connectivity index (χ3v) is 4.92. The molecule has 0 aliphatic carbocycles. The summed E-state index contributed by atoms with van der Waals surface area (Å²) in [5.74, 6) is 1.87. The summed E-state index contributed by atoms with van der Waals surface area (Å²) in [5, 5.41) is 5.94. The Kier molecular flexibility index (Phi) is 5.13. The third-order valence-electron chi connectivity index (χ3n) is 3.85. The molecule has 0 radical (unpaired) electrons. The largest absolute Gasteiger partial charge is 0.486 e. The molecule has 4 rings (SSSR count). The summed E-state index contributed by atoms with van der Waals surface area (Å²) in [5.41, 5.74) is 1.30. The number of hydrogen-bond donors (Lipinski definition) is 1. The number of carbonyl (C=O) groups is 1. The van der Waals surface area contributed by atoms with Crippen LogP contribution in [0.25, 0.3) is 0 Å². The SMILES string of the molecule is O=C(NCc1ccc2c(c1)OCO2)c1csc(COc2ccc(Cl)cc2)n1. The Bertz CT molecular complexity index is 959. The minimum Gasteiger partial charge on any atom is -0.486 e. The van der Waals surface area contributed by atoms with Crippen molar-refractivity contribution in [2.75, 3.05) is 6.79 Å². The fourth-order valence-corrected chi connectivity index (χ4v) is 3.29. The van der Waals surface area contributed by atoms with Gasteiger partial charge in [-0.1, -0.05) is 17.7 Å². The predicted molar refractivity (Wildman–Crippen MR) is 102 cm³/mol. The van der Waals surface area contributed by atoms with E-state index in [-0.39, 0.29) is 12.7 Å². The van der Waals surface area contributed by atoms with Crippen LogP contribution in [-0.2, 0) is 13.2 Å². The van der Waals surface area contributed by atoms with E-state index in [1.165, 1.54) is 11.3 Å². The van der Waals surface area contributed by atoms with Crippen molar-refractivity contribution in [2.45, 2.75) is 13.2 Å².